The molecule has 0 aromatic rings. The van der Waals surface area contributed by atoms with Crippen LogP contribution in [0.2, 0.25) is 0 Å². The minimum atomic E-state index is -0.196. The third kappa shape index (κ3) is 4.67. The van der Waals surface area contributed by atoms with E-state index in [-0.39, 0.29) is 6.10 Å². The van der Waals surface area contributed by atoms with Crippen molar-refractivity contribution < 1.29 is 5.11 Å². The highest BCUT2D eigenvalue weighted by molar-refractivity contribution is 9.11. The first-order valence-electron chi connectivity index (χ1n) is 3.11. The molecule has 0 amide bonds. The van der Waals surface area contributed by atoms with Gasteiger partial charge in [0.15, 0.2) is 0 Å². The van der Waals surface area contributed by atoms with Crippen molar-refractivity contribution in [2.24, 2.45) is 5.92 Å². The van der Waals surface area contributed by atoms with Crippen LogP contribution in [0.3, 0.4) is 0 Å². The summed E-state index contributed by atoms with van der Waals surface area (Å²) < 4.78 is 0. The van der Waals surface area contributed by atoms with Gasteiger partial charge in [-0.25, -0.2) is 0 Å². The summed E-state index contributed by atoms with van der Waals surface area (Å²) in [5, 5.41) is 9.19. The average Bonchev–Trinajstić information content (AvgIpc) is 1.82. The van der Waals surface area contributed by atoms with Crippen molar-refractivity contribution in [1.29, 1.82) is 0 Å². The van der Waals surface area contributed by atoms with Gasteiger partial charge in [-0.1, -0.05) is 35.9 Å². The van der Waals surface area contributed by atoms with Crippen LogP contribution in [-0.2, 0) is 0 Å². The van der Waals surface area contributed by atoms with E-state index in [1.165, 1.54) is 0 Å². The van der Waals surface area contributed by atoms with E-state index in [2.05, 4.69) is 15.9 Å². The maximum atomic E-state index is 9.19. The number of hydrogen-bond acceptors (Lipinski definition) is 1. The van der Waals surface area contributed by atoms with Crippen LogP contribution in [0.5, 0.6) is 0 Å². The largest absolute Gasteiger partial charge is 0.393 e. The summed E-state index contributed by atoms with van der Waals surface area (Å²) in [4.78, 5) is 1.78. The Hall–Kier alpha value is 0.180. The van der Waals surface area contributed by atoms with Gasteiger partial charge in [0.25, 0.3) is 0 Å². The summed E-state index contributed by atoms with van der Waals surface area (Å²) in [7, 11) is 0. The first kappa shape index (κ1) is 9.18. The van der Waals surface area contributed by atoms with E-state index in [9.17, 15) is 5.11 Å². The Labute approximate surface area is 64.9 Å². The third-order valence-electron chi connectivity index (χ3n) is 1.24. The molecular formula is C7H13BrO. The summed E-state index contributed by atoms with van der Waals surface area (Å²) in [6, 6.07) is 0. The lowest BCUT2D eigenvalue weighted by atomic mass is 10.1. The quantitative estimate of drug-likeness (QED) is 0.729. The molecule has 0 bridgehead atoms. The first-order chi connectivity index (χ1) is 4.18. The molecule has 1 N–H and O–H groups in total. The molecule has 0 aliphatic heterocycles. The van der Waals surface area contributed by atoms with Gasteiger partial charge < -0.3 is 5.11 Å². The number of halogens is 1. The van der Waals surface area contributed by atoms with E-state index in [1.807, 2.05) is 19.9 Å². The van der Waals surface area contributed by atoms with E-state index >= 15 is 0 Å². The molecule has 0 radical (unpaired) electrons. The lowest BCUT2D eigenvalue weighted by Gasteiger charge is -2.10. The van der Waals surface area contributed by atoms with Crippen LogP contribution >= 0.6 is 15.9 Å². The molecule has 1 unspecified atom stereocenters. The Balaban J connectivity index is 3.38. The predicted molar refractivity (Wildman–Crippen MR) is 43.5 cm³/mol. The fraction of sp³-hybridized carbons (Fsp3) is 0.714. The summed E-state index contributed by atoms with van der Waals surface area (Å²) in [5.41, 5.74) is 0. The molecule has 0 aromatic carbocycles. The van der Waals surface area contributed by atoms with Crippen molar-refractivity contribution in [3.05, 3.63) is 11.1 Å². The molecule has 1 nitrogen and oxygen atoms in total. The molecule has 0 rings (SSSR count). The summed E-state index contributed by atoms with van der Waals surface area (Å²) in [5.74, 6) is 0.355. The molecule has 0 saturated heterocycles. The zero-order valence-corrected chi connectivity index (χ0v) is 7.43. The van der Waals surface area contributed by atoms with E-state index in [0.29, 0.717) is 5.92 Å². The molecule has 0 aliphatic rings. The normalized spacial score (nSPS) is 15.2. The lowest BCUT2D eigenvalue weighted by Crippen LogP contribution is -2.12. The van der Waals surface area contributed by atoms with Crippen LogP contribution in [0.4, 0.5) is 0 Å². The Morgan fingerprint density at radius 3 is 2.44 bits per heavy atom. The Morgan fingerprint density at radius 1 is 1.56 bits per heavy atom. The van der Waals surface area contributed by atoms with Gasteiger partial charge in [-0.3, -0.25) is 0 Å². The minimum Gasteiger partial charge on any atom is -0.393 e. The molecule has 1 atom stereocenters. The molecule has 0 spiro atoms. The van der Waals surface area contributed by atoms with Gasteiger partial charge in [0.05, 0.1) is 6.10 Å². The molecule has 0 fully saturated rings. The standard InChI is InChI=1S/C7H13BrO/c1-6(2)7(9)4-3-5-8/h3,5-7,9H,4H2,1-2H3/b5-3-. The van der Waals surface area contributed by atoms with E-state index in [0.717, 1.165) is 6.42 Å². The fourth-order valence-corrected chi connectivity index (χ4v) is 0.679. The Kier molecular flexibility index (Phi) is 5.10. The molecule has 0 aromatic heterocycles. The maximum absolute atomic E-state index is 9.19. The molecule has 0 aliphatic carbocycles. The second kappa shape index (κ2) is 5.00. The number of hydrogen-bond donors (Lipinski definition) is 1. The van der Waals surface area contributed by atoms with Crippen molar-refractivity contribution in [1.82, 2.24) is 0 Å². The highest BCUT2D eigenvalue weighted by Crippen LogP contribution is 2.06. The van der Waals surface area contributed by atoms with Crippen LogP contribution in [0.15, 0.2) is 11.1 Å². The zero-order valence-electron chi connectivity index (χ0n) is 5.84. The maximum Gasteiger partial charge on any atom is 0.0597 e. The SMILES string of the molecule is CC(C)C(O)C/C=C\Br. The van der Waals surface area contributed by atoms with Crippen LogP contribution in [0, 0.1) is 5.92 Å². The second-order valence-corrected chi connectivity index (χ2v) is 2.94. The monoisotopic (exact) mass is 192 g/mol. The van der Waals surface area contributed by atoms with Crippen LogP contribution in [0.1, 0.15) is 20.3 Å². The summed E-state index contributed by atoms with van der Waals surface area (Å²) >= 11 is 3.14. The van der Waals surface area contributed by atoms with Gasteiger partial charge in [0.2, 0.25) is 0 Å². The highest BCUT2D eigenvalue weighted by Gasteiger charge is 2.04. The van der Waals surface area contributed by atoms with E-state index < -0.39 is 0 Å². The lowest BCUT2D eigenvalue weighted by molar-refractivity contribution is 0.128. The number of aliphatic hydroxyl groups excluding tert-OH is 1. The van der Waals surface area contributed by atoms with Crippen molar-refractivity contribution >= 4 is 15.9 Å². The molecule has 0 saturated carbocycles. The Bertz CT molecular complexity index is 88.9. The third-order valence-corrected chi connectivity index (χ3v) is 1.61. The number of aliphatic hydroxyl groups is 1. The second-order valence-electron chi connectivity index (χ2n) is 2.41. The molecular weight excluding hydrogens is 180 g/mol. The van der Waals surface area contributed by atoms with Crippen molar-refractivity contribution in [2.45, 2.75) is 26.4 Å². The highest BCUT2D eigenvalue weighted by atomic mass is 79.9. The predicted octanol–water partition coefficient (Wildman–Crippen LogP) is 2.30. The van der Waals surface area contributed by atoms with Gasteiger partial charge in [-0.15, -0.1) is 0 Å². The molecule has 2 heteroatoms. The van der Waals surface area contributed by atoms with E-state index in [4.69, 9.17) is 0 Å². The zero-order chi connectivity index (χ0) is 7.28. The van der Waals surface area contributed by atoms with Crippen LogP contribution in [0.25, 0.3) is 0 Å². The van der Waals surface area contributed by atoms with Crippen LogP contribution < -0.4 is 0 Å². The topological polar surface area (TPSA) is 20.2 Å². The number of rotatable bonds is 3. The van der Waals surface area contributed by atoms with Crippen molar-refractivity contribution in [2.75, 3.05) is 0 Å². The smallest absolute Gasteiger partial charge is 0.0597 e. The Morgan fingerprint density at radius 2 is 2.11 bits per heavy atom. The van der Waals surface area contributed by atoms with Crippen LogP contribution in [-0.4, -0.2) is 11.2 Å². The molecule has 9 heavy (non-hydrogen) atoms. The summed E-state index contributed by atoms with van der Waals surface area (Å²) in [6.07, 6.45) is 2.45. The average molecular weight is 193 g/mol. The summed E-state index contributed by atoms with van der Waals surface area (Å²) in [6.45, 7) is 4.01. The molecule has 54 valence electrons. The van der Waals surface area contributed by atoms with Gasteiger partial charge in [-0.2, -0.15) is 0 Å². The fourth-order valence-electron chi connectivity index (χ4n) is 0.463. The van der Waals surface area contributed by atoms with E-state index in [1.54, 1.807) is 4.99 Å². The van der Waals surface area contributed by atoms with Crippen molar-refractivity contribution in [3.63, 3.8) is 0 Å². The van der Waals surface area contributed by atoms with Gasteiger partial charge in [-0.05, 0) is 17.3 Å². The van der Waals surface area contributed by atoms with Gasteiger partial charge in [0, 0.05) is 0 Å². The van der Waals surface area contributed by atoms with Gasteiger partial charge in [0.1, 0.15) is 0 Å². The molecule has 0 heterocycles. The minimum absolute atomic E-state index is 0.196. The first-order valence-corrected chi connectivity index (χ1v) is 4.03. The van der Waals surface area contributed by atoms with Gasteiger partial charge >= 0.3 is 0 Å². The van der Waals surface area contributed by atoms with Crippen molar-refractivity contribution in [3.8, 4) is 0 Å².